The van der Waals surface area contributed by atoms with Crippen molar-refractivity contribution in [3.05, 3.63) is 29.7 Å². The zero-order valence-electron chi connectivity index (χ0n) is 11.4. The highest BCUT2D eigenvalue weighted by Gasteiger charge is 2.18. The van der Waals surface area contributed by atoms with Crippen molar-refractivity contribution in [1.29, 1.82) is 0 Å². The van der Waals surface area contributed by atoms with Gasteiger partial charge in [-0.25, -0.2) is 9.50 Å². The summed E-state index contributed by atoms with van der Waals surface area (Å²) in [6.45, 7) is 2.23. The summed E-state index contributed by atoms with van der Waals surface area (Å²) in [6.07, 6.45) is 3.70. The van der Waals surface area contributed by atoms with Crippen LogP contribution in [0.1, 0.15) is 28.9 Å². The van der Waals surface area contributed by atoms with Crippen LogP contribution in [0.25, 0.3) is 5.65 Å². The Morgan fingerprint density at radius 3 is 2.90 bits per heavy atom. The highest BCUT2D eigenvalue weighted by Crippen LogP contribution is 2.11. The number of hydrogen-bond donors (Lipinski definition) is 1. The van der Waals surface area contributed by atoms with Gasteiger partial charge in [0.05, 0.1) is 6.20 Å². The second-order valence-corrected chi connectivity index (χ2v) is 4.62. The first-order chi connectivity index (χ1) is 9.49. The minimum Gasteiger partial charge on any atom is -0.481 e. The number of aryl methyl sites for hydroxylation is 1. The molecule has 0 aliphatic heterocycles. The maximum absolute atomic E-state index is 12.3. The van der Waals surface area contributed by atoms with Crippen molar-refractivity contribution >= 4 is 17.5 Å². The van der Waals surface area contributed by atoms with Crippen LogP contribution in [0.4, 0.5) is 0 Å². The minimum atomic E-state index is -0.862. The monoisotopic (exact) mass is 276 g/mol. The number of rotatable bonds is 5. The first-order valence-electron chi connectivity index (χ1n) is 6.27. The minimum absolute atomic E-state index is 0.0454. The van der Waals surface area contributed by atoms with E-state index in [1.807, 2.05) is 13.0 Å². The predicted octanol–water partition coefficient (Wildman–Crippen LogP) is 0.975. The fourth-order valence-corrected chi connectivity index (χ4v) is 1.88. The SMILES string of the molecule is Cc1ccn2ncc(C(=O)N(C)CCCC(=O)O)c2n1. The van der Waals surface area contributed by atoms with Crippen LogP contribution >= 0.6 is 0 Å². The van der Waals surface area contributed by atoms with E-state index in [0.29, 0.717) is 24.2 Å². The summed E-state index contributed by atoms with van der Waals surface area (Å²) in [4.78, 5) is 28.6. The molecule has 2 aromatic rings. The van der Waals surface area contributed by atoms with Crippen LogP contribution in [-0.4, -0.2) is 50.1 Å². The molecule has 0 radical (unpaired) electrons. The molecule has 0 bridgehead atoms. The average molecular weight is 276 g/mol. The molecule has 0 atom stereocenters. The molecule has 1 N–H and O–H groups in total. The van der Waals surface area contributed by atoms with Crippen LogP contribution in [0.5, 0.6) is 0 Å². The molecule has 106 valence electrons. The van der Waals surface area contributed by atoms with Crippen molar-refractivity contribution in [2.45, 2.75) is 19.8 Å². The number of carboxylic acid groups (broad SMARTS) is 1. The highest BCUT2D eigenvalue weighted by molar-refractivity contribution is 5.99. The van der Waals surface area contributed by atoms with Crippen molar-refractivity contribution in [3.63, 3.8) is 0 Å². The number of aromatic nitrogens is 3. The second-order valence-electron chi connectivity index (χ2n) is 4.62. The first-order valence-corrected chi connectivity index (χ1v) is 6.27. The van der Waals surface area contributed by atoms with Gasteiger partial charge < -0.3 is 10.0 Å². The Bertz CT molecular complexity index is 650. The maximum Gasteiger partial charge on any atom is 0.303 e. The molecule has 0 unspecified atom stereocenters. The lowest BCUT2D eigenvalue weighted by Crippen LogP contribution is -2.28. The average Bonchev–Trinajstić information content (AvgIpc) is 2.80. The number of fused-ring (bicyclic) bond motifs is 1. The van der Waals surface area contributed by atoms with Gasteiger partial charge in [0.15, 0.2) is 5.65 Å². The molecule has 0 spiro atoms. The Morgan fingerprint density at radius 1 is 1.45 bits per heavy atom. The molecule has 7 heteroatoms. The Kier molecular flexibility index (Phi) is 3.97. The summed E-state index contributed by atoms with van der Waals surface area (Å²) >= 11 is 0. The van der Waals surface area contributed by atoms with Crippen molar-refractivity contribution < 1.29 is 14.7 Å². The molecule has 0 fully saturated rings. The van der Waals surface area contributed by atoms with Gasteiger partial charge in [0.2, 0.25) is 0 Å². The van der Waals surface area contributed by atoms with E-state index in [-0.39, 0.29) is 12.3 Å². The van der Waals surface area contributed by atoms with E-state index in [0.717, 1.165) is 5.69 Å². The van der Waals surface area contributed by atoms with Gasteiger partial charge >= 0.3 is 5.97 Å². The van der Waals surface area contributed by atoms with Crippen LogP contribution in [-0.2, 0) is 4.79 Å². The van der Waals surface area contributed by atoms with Crippen LogP contribution in [0.15, 0.2) is 18.5 Å². The van der Waals surface area contributed by atoms with E-state index in [4.69, 9.17) is 5.11 Å². The van der Waals surface area contributed by atoms with Crippen molar-refractivity contribution in [3.8, 4) is 0 Å². The van der Waals surface area contributed by atoms with E-state index in [1.165, 1.54) is 11.1 Å². The molecule has 1 amide bonds. The molecule has 0 saturated carbocycles. The number of carboxylic acids is 1. The van der Waals surface area contributed by atoms with Crippen molar-refractivity contribution in [1.82, 2.24) is 19.5 Å². The van der Waals surface area contributed by atoms with Crippen LogP contribution < -0.4 is 0 Å². The second kappa shape index (κ2) is 5.68. The Balaban J connectivity index is 2.14. The number of aliphatic carboxylic acids is 1. The summed E-state index contributed by atoms with van der Waals surface area (Å²) in [6, 6.07) is 1.81. The van der Waals surface area contributed by atoms with Crippen molar-refractivity contribution in [2.24, 2.45) is 0 Å². The van der Waals surface area contributed by atoms with Gasteiger partial charge in [-0.15, -0.1) is 0 Å². The van der Waals surface area contributed by atoms with Gasteiger partial charge in [-0.1, -0.05) is 0 Å². The Morgan fingerprint density at radius 2 is 2.20 bits per heavy atom. The zero-order valence-corrected chi connectivity index (χ0v) is 11.4. The van der Waals surface area contributed by atoms with Gasteiger partial charge in [-0.3, -0.25) is 9.59 Å². The maximum atomic E-state index is 12.3. The number of hydrogen-bond acceptors (Lipinski definition) is 4. The van der Waals surface area contributed by atoms with Gasteiger partial charge in [-0.2, -0.15) is 5.10 Å². The highest BCUT2D eigenvalue weighted by atomic mass is 16.4. The van der Waals surface area contributed by atoms with Gasteiger partial charge in [0.1, 0.15) is 5.56 Å². The molecule has 0 aliphatic carbocycles. The van der Waals surface area contributed by atoms with E-state index < -0.39 is 5.97 Å². The molecule has 0 saturated heterocycles. The van der Waals surface area contributed by atoms with Gasteiger partial charge in [0.25, 0.3) is 5.91 Å². The lowest BCUT2D eigenvalue weighted by Gasteiger charge is -2.15. The van der Waals surface area contributed by atoms with Crippen LogP contribution in [0.2, 0.25) is 0 Å². The molecule has 7 nitrogen and oxygen atoms in total. The number of carbonyl (C=O) groups excluding carboxylic acids is 1. The van der Waals surface area contributed by atoms with E-state index in [1.54, 1.807) is 17.8 Å². The van der Waals surface area contributed by atoms with E-state index in [2.05, 4.69) is 10.1 Å². The van der Waals surface area contributed by atoms with E-state index >= 15 is 0 Å². The lowest BCUT2D eigenvalue weighted by atomic mass is 10.2. The lowest BCUT2D eigenvalue weighted by molar-refractivity contribution is -0.137. The number of amides is 1. The van der Waals surface area contributed by atoms with Crippen LogP contribution in [0.3, 0.4) is 0 Å². The zero-order chi connectivity index (χ0) is 14.7. The molecule has 2 rings (SSSR count). The quantitative estimate of drug-likeness (QED) is 0.879. The summed E-state index contributed by atoms with van der Waals surface area (Å²) in [5, 5.41) is 12.7. The molecule has 0 aromatic carbocycles. The first kappa shape index (κ1) is 14.0. The Hall–Kier alpha value is -2.44. The summed E-state index contributed by atoms with van der Waals surface area (Å²) in [5.41, 5.74) is 1.74. The normalized spacial score (nSPS) is 10.7. The topological polar surface area (TPSA) is 87.8 Å². The Labute approximate surface area is 115 Å². The fraction of sp³-hybridized carbons (Fsp3) is 0.385. The standard InChI is InChI=1S/C13H16N4O3/c1-9-5-7-17-12(15-9)10(8-14-17)13(20)16(2)6-3-4-11(18)19/h5,7-8H,3-4,6H2,1-2H3,(H,18,19). The number of nitrogens with zero attached hydrogens (tertiary/aromatic N) is 4. The number of carbonyl (C=O) groups is 2. The molecular weight excluding hydrogens is 260 g/mol. The van der Waals surface area contributed by atoms with E-state index in [9.17, 15) is 9.59 Å². The third-order valence-electron chi connectivity index (χ3n) is 2.97. The van der Waals surface area contributed by atoms with Gasteiger partial charge in [-0.05, 0) is 19.4 Å². The van der Waals surface area contributed by atoms with Crippen LogP contribution in [0, 0.1) is 6.92 Å². The molecule has 0 aliphatic rings. The molecule has 2 aromatic heterocycles. The fourth-order valence-electron chi connectivity index (χ4n) is 1.88. The smallest absolute Gasteiger partial charge is 0.303 e. The third-order valence-corrected chi connectivity index (χ3v) is 2.97. The third kappa shape index (κ3) is 2.93. The van der Waals surface area contributed by atoms with Crippen molar-refractivity contribution in [2.75, 3.05) is 13.6 Å². The van der Waals surface area contributed by atoms with Gasteiger partial charge in [0, 0.05) is 31.9 Å². The molecule has 2 heterocycles. The summed E-state index contributed by atoms with van der Waals surface area (Å²) < 4.78 is 1.55. The molecule has 20 heavy (non-hydrogen) atoms. The summed E-state index contributed by atoms with van der Waals surface area (Å²) in [7, 11) is 1.64. The predicted molar refractivity (Wildman–Crippen MR) is 71.6 cm³/mol. The summed E-state index contributed by atoms with van der Waals surface area (Å²) in [5.74, 6) is -1.07. The largest absolute Gasteiger partial charge is 0.481 e. The molecular formula is C13H16N4O3.